The van der Waals surface area contributed by atoms with Gasteiger partial charge in [-0.25, -0.2) is 0 Å². The molecule has 0 bridgehead atoms. The third kappa shape index (κ3) is 4.52. The molecule has 2 aromatic rings. The molecule has 0 radical (unpaired) electrons. The lowest BCUT2D eigenvalue weighted by molar-refractivity contribution is -0.109. The predicted octanol–water partition coefficient (Wildman–Crippen LogP) is 4.08. The monoisotopic (exact) mass is 408 g/mol. The lowest BCUT2D eigenvalue weighted by Gasteiger charge is -2.36. The van der Waals surface area contributed by atoms with Crippen LogP contribution in [0.1, 0.15) is 43.7 Å². The quantitative estimate of drug-likeness (QED) is 0.527. The molecule has 160 valence electrons. The van der Waals surface area contributed by atoms with E-state index in [9.17, 15) is 9.90 Å². The Balaban J connectivity index is 1.44. The van der Waals surface area contributed by atoms with E-state index in [2.05, 4.69) is 28.9 Å². The number of anilines is 2. The highest BCUT2D eigenvalue weighted by Gasteiger charge is 2.27. The molecule has 2 aliphatic heterocycles. The van der Waals surface area contributed by atoms with E-state index in [-0.39, 0.29) is 12.6 Å². The van der Waals surface area contributed by atoms with Gasteiger partial charge in [0, 0.05) is 24.0 Å². The second-order valence-corrected chi connectivity index (χ2v) is 8.46. The largest absolute Gasteiger partial charge is 0.494 e. The van der Waals surface area contributed by atoms with Crippen molar-refractivity contribution < 1.29 is 14.6 Å². The first-order chi connectivity index (χ1) is 14.7. The van der Waals surface area contributed by atoms with Crippen molar-refractivity contribution in [2.45, 2.75) is 57.7 Å². The summed E-state index contributed by atoms with van der Waals surface area (Å²) in [5.74, 6) is 0.906. The Morgan fingerprint density at radius 1 is 1.17 bits per heavy atom. The minimum Gasteiger partial charge on any atom is -0.494 e. The van der Waals surface area contributed by atoms with Crippen LogP contribution in [-0.2, 0) is 17.8 Å². The molecule has 5 heteroatoms. The van der Waals surface area contributed by atoms with E-state index >= 15 is 0 Å². The number of hydrogen-bond acceptors (Lipinski definition) is 5. The molecule has 2 atom stereocenters. The Labute approximate surface area is 179 Å². The highest BCUT2D eigenvalue weighted by Crippen LogP contribution is 2.38. The summed E-state index contributed by atoms with van der Waals surface area (Å²) in [6, 6.07) is 14.5. The highest BCUT2D eigenvalue weighted by atomic mass is 16.5. The van der Waals surface area contributed by atoms with Crippen LogP contribution in [0.4, 0.5) is 11.4 Å². The molecule has 2 aromatic carbocycles. The van der Waals surface area contributed by atoms with Gasteiger partial charge in [0.1, 0.15) is 12.0 Å². The number of aryl methyl sites for hydroxylation is 1. The summed E-state index contributed by atoms with van der Waals surface area (Å²) < 4.78 is 6.05. The first kappa shape index (κ1) is 20.9. The van der Waals surface area contributed by atoms with E-state index in [0.29, 0.717) is 6.04 Å². The lowest BCUT2D eigenvalue weighted by atomic mass is 9.95. The van der Waals surface area contributed by atoms with E-state index in [1.54, 1.807) is 0 Å². The van der Waals surface area contributed by atoms with Gasteiger partial charge in [-0.1, -0.05) is 12.1 Å². The van der Waals surface area contributed by atoms with Crippen LogP contribution in [0.15, 0.2) is 42.5 Å². The molecule has 0 aromatic heterocycles. The fraction of sp³-hybridized carbons (Fsp3) is 0.480. The van der Waals surface area contributed by atoms with Gasteiger partial charge in [-0.05, 0) is 87.0 Å². The molecule has 1 N–H and O–H groups in total. The smallest absolute Gasteiger partial charge is 0.142 e. The Bertz CT molecular complexity index is 852. The maximum absolute atomic E-state index is 11.7. The Morgan fingerprint density at radius 2 is 2.00 bits per heavy atom. The molecular weight excluding hydrogens is 376 g/mol. The van der Waals surface area contributed by atoms with Gasteiger partial charge < -0.3 is 24.4 Å². The summed E-state index contributed by atoms with van der Waals surface area (Å²) >= 11 is 0. The SMILES string of the molecule is C[C@@H]1CCCN1CCCOc1ccc2c(c1)CCC(C=O)N2c1ccc(CO)cc1. The summed E-state index contributed by atoms with van der Waals surface area (Å²) in [5.41, 5.74) is 4.11. The molecule has 30 heavy (non-hydrogen) atoms. The molecular formula is C25H32N2O3. The second-order valence-electron chi connectivity index (χ2n) is 8.46. The number of carbonyl (C=O) groups excluding carboxylic acids is 1. The Kier molecular flexibility index (Phi) is 6.70. The zero-order valence-corrected chi connectivity index (χ0v) is 17.8. The average molecular weight is 409 g/mol. The first-order valence-corrected chi connectivity index (χ1v) is 11.1. The number of nitrogens with zero attached hydrogens (tertiary/aromatic N) is 2. The fourth-order valence-corrected chi connectivity index (χ4v) is 4.70. The zero-order valence-electron chi connectivity index (χ0n) is 17.8. The van der Waals surface area contributed by atoms with Crippen molar-refractivity contribution in [3.05, 3.63) is 53.6 Å². The molecule has 5 nitrogen and oxygen atoms in total. The van der Waals surface area contributed by atoms with Gasteiger partial charge in [0.2, 0.25) is 0 Å². The van der Waals surface area contributed by atoms with Gasteiger partial charge in [-0.3, -0.25) is 0 Å². The van der Waals surface area contributed by atoms with Gasteiger partial charge in [0.15, 0.2) is 0 Å². The summed E-state index contributed by atoms with van der Waals surface area (Å²) in [6.07, 6.45) is 6.35. The minimum atomic E-state index is -0.174. The van der Waals surface area contributed by atoms with Crippen LogP contribution in [0.3, 0.4) is 0 Å². The van der Waals surface area contributed by atoms with Gasteiger partial charge in [-0.2, -0.15) is 0 Å². The van der Waals surface area contributed by atoms with Crippen molar-refractivity contribution in [3.63, 3.8) is 0 Å². The summed E-state index contributed by atoms with van der Waals surface area (Å²) in [5, 5.41) is 9.30. The molecule has 0 saturated carbocycles. The molecule has 0 amide bonds. The lowest BCUT2D eigenvalue weighted by Crippen LogP contribution is -2.36. The number of aldehydes is 1. The molecule has 0 spiro atoms. The van der Waals surface area contributed by atoms with E-state index in [1.807, 2.05) is 30.3 Å². The highest BCUT2D eigenvalue weighted by molar-refractivity contribution is 5.78. The number of carbonyl (C=O) groups is 1. The number of ether oxygens (including phenoxy) is 1. The second kappa shape index (κ2) is 9.63. The number of aliphatic hydroxyl groups excluding tert-OH is 1. The number of hydrogen-bond donors (Lipinski definition) is 1. The molecule has 2 heterocycles. The maximum atomic E-state index is 11.7. The van der Waals surface area contributed by atoms with E-state index in [1.165, 1.54) is 24.9 Å². The van der Waals surface area contributed by atoms with Crippen molar-refractivity contribution in [2.75, 3.05) is 24.6 Å². The van der Waals surface area contributed by atoms with Crippen LogP contribution >= 0.6 is 0 Å². The van der Waals surface area contributed by atoms with Crippen LogP contribution in [0.5, 0.6) is 5.75 Å². The van der Waals surface area contributed by atoms with Crippen LogP contribution in [-0.4, -0.2) is 48.1 Å². The number of benzene rings is 2. The third-order valence-electron chi connectivity index (χ3n) is 6.45. The van der Waals surface area contributed by atoms with Gasteiger partial charge in [-0.15, -0.1) is 0 Å². The van der Waals surface area contributed by atoms with Crippen molar-refractivity contribution in [1.82, 2.24) is 4.90 Å². The maximum Gasteiger partial charge on any atom is 0.142 e. The third-order valence-corrected chi connectivity index (χ3v) is 6.45. The first-order valence-electron chi connectivity index (χ1n) is 11.1. The molecule has 4 rings (SSSR count). The Morgan fingerprint density at radius 3 is 2.70 bits per heavy atom. The van der Waals surface area contributed by atoms with Crippen molar-refractivity contribution in [3.8, 4) is 5.75 Å². The van der Waals surface area contributed by atoms with Crippen LogP contribution in [0.25, 0.3) is 0 Å². The predicted molar refractivity (Wildman–Crippen MR) is 119 cm³/mol. The van der Waals surface area contributed by atoms with E-state index < -0.39 is 0 Å². The summed E-state index contributed by atoms with van der Waals surface area (Å²) in [7, 11) is 0. The van der Waals surface area contributed by atoms with Crippen LogP contribution < -0.4 is 9.64 Å². The summed E-state index contributed by atoms with van der Waals surface area (Å²) in [4.78, 5) is 16.4. The minimum absolute atomic E-state index is 0.0192. The Hall–Kier alpha value is -2.37. The van der Waals surface area contributed by atoms with E-state index in [0.717, 1.165) is 61.4 Å². The fourth-order valence-electron chi connectivity index (χ4n) is 4.70. The molecule has 2 aliphatic rings. The molecule has 0 aliphatic carbocycles. The van der Waals surface area contributed by atoms with E-state index in [4.69, 9.17) is 4.74 Å². The van der Waals surface area contributed by atoms with Gasteiger partial charge in [0.25, 0.3) is 0 Å². The van der Waals surface area contributed by atoms with Crippen LogP contribution in [0.2, 0.25) is 0 Å². The standard InChI is InChI=1S/C25H32N2O3/c1-19-4-2-13-26(19)14-3-15-30-24-11-12-25-21(16-24)7-10-23(18-29)27(25)22-8-5-20(17-28)6-9-22/h5-6,8-9,11-12,16,18-19,23,28H,2-4,7,10,13-15,17H2,1H3/t19-,23?/m1/s1. The van der Waals surface area contributed by atoms with Gasteiger partial charge in [0.05, 0.1) is 19.3 Å². The van der Waals surface area contributed by atoms with Crippen molar-refractivity contribution in [2.24, 2.45) is 0 Å². The molecule has 1 unspecified atom stereocenters. The number of aliphatic hydroxyl groups is 1. The zero-order chi connectivity index (χ0) is 20.9. The van der Waals surface area contributed by atoms with Crippen LogP contribution in [0, 0.1) is 0 Å². The number of fused-ring (bicyclic) bond motifs is 1. The van der Waals surface area contributed by atoms with Crippen molar-refractivity contribution >= 4 is 17.7 Å². The number of likely N-dealkylation sites (tertiary alicyclic amines) is 1. The average Bonchev–Trinajstić information content (AvgIpc) is 3.20. The topological polar surface area (TPSA) is 53.0 Å². The molecule has 1 saturated heterocycles. The molecule has 1 fully saturated rings. The van der Waals surface area contributed by atoms with Gasteiger partial charge >= 0.3 is 0 Å². The van der Waals surface area contributed by atoms with Crippen molar-refractivity contribution in [1.29, 1.82) is 0 Å². The summed E-state index contributed by atoms with van der Waals surface area (Å²) in [6.45, 7) is 5.38. The number of rotatable bonds is 8. The normalized spacial score (nSPS) is 21.5.